The van der Waals surface area contributed by atoms with Crippen LogP contribution in [0, 0.1) is 0 Å². The number of hydrogen-bond acceptors (Lipinski definition) is 4. The summed E-state index contributed by atoms with van der Waals surface area (Å²) in [7, 11) is -3.08. The molecule has 2 aliphatic heterocycles. The molecule has 3 rings (SSSR count). The van der Waals surface area contributed by atoms with Crippen LogP contribution in [0.25, 0.3) is 0 Å². The first-order valence-electron chi connectivity index (χ1n) is 7.03. The van der Waals surface area contributed by atoms with Gasteiger partial charge in [0.15, 0.2) is 15.0 Å². The first kappa shape index (κ1) is 17.3. The lowest BCUT2D eigenvalue weighted by atomic mass is 10.2. The highest BCUT2D eigenvalue weighted by molar-refractivity contribution is 9.10. The Bertz CT molecular complexity index is 797. The molecule has 124 valence electrons. The number of carbonyl (C=O) groups is 1. The van der Waals surface area contributed by atoms with Gasteiger partial charge in [0.2, 0.25) is 5.91 Å². The van der Waals surface area contributed by atoms with E-state index in [4.69, 9.17) is 11.6 Å². The second kappa shape index (κ2) is 6.38. The van der Waals surface area contributed by atoms with Crippen molar-refractivity contribution < 1.29 is 13.2 Å². The molecule has 0 saturated carbocycles. The van der Waals surface area contributed by atoms with Crippen LogP contribution in [-0.2, 0) is 14.6 Å². The van der Waals surface area contributed by atoms with Crippen LogP contribution in [0.4, 0.5) is 5.69 Å². The molecule has 2 atom stereocenters. The fourth-order valence-corrected chi connectivity index (χ4v) is 7.40. The summed E-state index contributed by atoms with van der Waals surface area (Å²) in [5, 5.41) is 0.899. The van der Waals surface area contributed by atoms with Crippen molar-refractivity contribution >= 4 is 65.9 Å². The largest absolute Gasteiger partial charge is 0.314 e. The molecule has 1 amide bonds. The van der Waals surface area contributed by atoms with Crippen molar-refractivity contribution in [3.63, 3.8) is 0 Å². The van der Waals surface area contributed by atoms with Gasteiger partial charge >= 0.3 is 0 Å². The van der Waals surface area contributed by atoms with E-state index >= 15 is 0 Å². The molecule has 9 heteroatoms. The second-order valence-corrected chi connectivity index (χ2v) is 10.1. The van der Waals surface area contributed by atoms with Crippen LogP contribution >= 0.6 is 39.3 Å². The Hall–Kier alpha value is -0.570. The van der Waals surface area contributed by atoms with E-state index in [0.29, 0.717) is 22.3 Å². The number of anilines is 1. The molecule has 0 aromatic heterocycles. The smallest absolute Gasteiger partial charge is 0.247 e. The number of amidine groups is 1. The lowest BCUT2D eigenvalue weighted by molar-refractivity contribution is -0.117. The molecule has 2 saturated heterocycles. The van der Waals surface area contributed by atoms with Crippen LogP contribution in [0.3, 0.4) is 0 Å². The van der Waals surface area contributed by atoms with Gasteiger partial charge in [-0.1, -0.05) is 46.2 Å². The summed E-state index contributed by atoms with van der Waals surface area (Å²) in [5.74, 6) is -0.0727. The fourth-order valence-electron chi connectivity index (χ4n) is 2.71. The Morgan fingerprint density at radius 1 is 1.48 bits per heavy atom. The zero-order valence-electron chi connectivity index (χ0n) is 12.2. The quantitative estimate of drug-likeness (QED) is 0.711. The molecule has 5 nitrogen and oxygen atoms in total. The standard InChI is InChI=1S/C14H14BrClN2O3S2/c1-2-13(19)17-14-18(10-4-3-8(15)5-9(10)16)11-6-23(20,21)7-12(11)22-14/h3-5,11-12H,2,6-7H2,1H3/t11-,12-/m0/s1. The highest BCUT2D eigenvalue weighted by Gasteiger charge is 2.49. The highest BCUT2D eigenvalue weighted by Crippen LogP contribution is 2.43. The van der Waals surface area contributed by atoms with Crippen molar-refractivity contribution in [3.05, 3.63) is 27.7 Å². The number of thioether (sulfide) groups is 1. The van der Waals surface area contributed by atoms with Gasteiger partial charge in [0, 0.05) is 16.1 Å². The number of halogens is 2. The van der Waals surface area contributed by atoms with Crippen molar-refractivity contribution in [2.45, 2.75) is 24.6 Å². The third-order valence-corrected chi connectivity index (χ3v) is 7.76. The second-order valence-electron chi connectivity index (χ2n) is 5.41. The monoisotopic (exact) mass is 436 g/mol. The van der Waals surface area contributed by atoms with E-state index in [1.807, 2.05) is 17.0 Å². The van der Waals surface area contributed by atoms with Crippen molar-refractivity contribution in [3.8, 4) is 0 Å². The van der Waals surface area contributed by atoms with Crippen LogP contribution in [0.5, 0.6) is 0 Å². The molecule has 0 aliphatic carbocycles. The van der Waals surface area contributed by atoms with E-state index in [1.165, 1.54) is 11.8 Å². The summed E-state index contributed by atoms with van der Waals surface area (Å²) >= 11 is 11.0. The van der Waals surface area contributed by atoms with Crippen molar-refractivity contribution in [1.82, 2.24) is 0 Å². The molecular formula is C14H14BrClN2O3S2. The number of hydrogen-bond donors (Lipinski definition) is 0. The Labute approximate surface area is 152 Å². The van der Waals surface area contributed by atoms with Crippen LogP contribution in [0.15, 0.2) is 27.7 Å². The molecule has 0 unspecified atom stereocenters. The number of carbonyl (C=O) groups excluding carboxylic acids is 1. The Morgan fingerprint density at radius 3 is 2.87 bits per heavy atom. The summed E-state index contributed by atoms with van der Waals surface area (Å²) in [4.78, 5) is 17.7. The van der Waals surface area contributed by atoms with E-state index in [1.54, 1.807) is 13.0 Å². The highest BCUT2D eigenvalue weighted by atomic mass is 79.9. The number of amides is 1. The van der Waals surface area contributed by atoms with Crippen LogP contribution in [0.1, 0.15) is 13.3 Å². The summed E-state index contributed by atoms with van der Waals surface area (Å²) in [6.45, 7) is 1.74. The number of fused-ring (bicyclic) bond motifs is 1. The zero-order valence-corrected chi connectivity index (χ0v) is 16.2. The lowest BCUT2D eigenvalue weighted by Gasteiger charge is -2.25. The summed E-state index contributed by atoms with van der Waals surface area (Å²) in [6, 6.07) is 5.15. The molecule has 1 aromatic rings. The van der Waals surface area contributed by atoms with Gasteiger partial charge in [0.1, 0.15) is 0 Å². The van der Waals surface area contributed by atoms with E-state index in [9.17, 15) is 13.2 Å². The molecule has 2 fully saturated rings. The minimum absolute atomic E-state index is 0.0520. The SMILES string of the molecule is CCC(=O)N=C1S[C@H]2CS(=O)(=O)C[C@@H]2N1c1ccc(Br)cc1Cl. The predicted molar refractivity (Wildman–Crippen MR) is 98.2 cm³/mol. The molecule has 0 radical (unpaired) electrons. The number of rotatable bonds is 2. The maximum Gasteiger partial charge on any atom is 0.247 e. The van der Waals surface area contributed by atoms with E-state index in [0.717, 1.165) is 4.47 Å². The van der Waals surface area contributed by atoms with Crippen molar-refractivity contribution in [2.24, 2.45) is 4.99 Å². The Morgan fingerprint density at radius 2 is 2.22 bits per heavy atom. The first-order chi connectivity index (χ1) is 10.8. The van der Waals surface area contributed by atoms with E-state index in [-0.39, 0.29) is 28.7 Å². The van der Waals surface area contributed by atoms with Gasteiger partial charge < -0.3 is 4.90 Å². The van der Waals surface area contributed by atoms with Crippen molar-refractivity contribution in [2.75, 3.05) is 16.4 Å². The van der Waals surface area contributed by atoms with Crippen molar-refractivity contribution in [1.29, 1.82) is 0 Å². The van der Waals surface area contributed by atoms with Crippen LogP contribution < -0.4 is 4.90 Å². The van der Waals surface area contributed by atoms with Gasteiger partial charge in [-0.15, -0.1) is 0 Å². The minimum Gasteiger partial charge on any atom is -0.314 e. The number of sulfone groups is 1. The molecule has 0 N–H and O–H groups in total. The van der Waals surface area contributed by atoms with Gasteiger partial charge in [-0.05, 0) is 18.2 Å². The maximum atomic E-state index is 12.0. The third kappa shape index (κ3) is 3.45. The Kier molecular flexibility index (Phi) is 4.79. The number of nitrogens with zero attached hydrogens (tertiary/aromatic N) is 2. The molecule has 1 aromatic carbocycles. The van der Waals surface area contributed by atoms with Gasteiger partial charge in [-0.25, -0.2) is 8.42 Å². The normalized spacial score (nSPS) is 27.4. The predicted octanol–water partition coefficient (Wildman–Crippen LogP) is 3.11. The molecule has 2 aliphatic rings. The maximum absolute atomic E-state index is 12.0. The molecule has 0 bridgehead atoms. The number of benzene rings is 1. The van der Waals surface area contributed by atoms with E-state index in [2.05, 4.69) is 20.9 Å². The zero-order chi connectivity index (χ0) is 16.8. The first-order valence-corrected chi connectivity index (χ1v) is 10.9. The van der Waals surface area contributed by atoms with Gasteiger partial charge in [-0.3, -0.25) is 4.79 Å². The third-order valence-electron chi connectivity index (χ3n) is 3.76. The Balaban J connectivity index is 2.06. The summed E-state index contributed by atoms with van der Waals surface area (Å²) in [6.07, 6.45) is 0.305. The van der Waals surface area contributed by atoms with Crippen LogP contribution in [0.2, 0.25) is 5.02 Å². The number of aliphatic imine (C=N–C) groups is 1. The summed E-state index contributed by atoms with van der Waals surface area (Å²) in [5.41, 5.74) is 0.676. The lowest BCUT2D eigenvalue weighted by Crippen LogP contribution is -2.37. The topological polar surface area (TPSA) is 66.8 Å². The average molecular weight is 438 g/mol. The van der Waals surface area contributed by atoms with Gasteiger partial charge in [0.05, 0.1) is 28.3 Å². The average Bonchev–Trinajstić information content (AvgIpc) is 2.91. The van der Waals surface area contributed by atoms with E-state index < -0.39 is 9.84 Å². The fraction of sp³-hybridized carbons (Fsp3) is 0.429. The van der Waals surface area contributed by atoms with Gasteiger partial charge in [0.25, 0.3) is 0 Å². The summed E-state index contributed by atoms with van der Waals surface area (Å²) < 4.78 is 24.7. The molecular weight excluding hydrogens is 424 g/mol. The molecule has 2 heterocycles. The molecule has 23 heavy (non-hydrogen) atoms. The molecule has 0 spiro atoms. The minimum atomic E-state index is -3.08. The van der Waals surface area contributed by atoms with Crippen LogP contribution in [-0.4, -0.2) is 42.3 Å². The van der Waals surface area contributed by atoms with Gasteiger partial charge in [-0.2, -0.15) is 4.99 Å².